The highest BCUT2D eigenvalue weighted by Crippen LogP contribution is 2.20. The van der Waals surface area contributed by atoms with Crippen molar-refractivity contribution in [3.63, 3.8) is 0 Å². The number of aryl methyl sites for hydroxylation is 1. The molecule has 0 aliphatic rings. The van der Waals surface area contributed by atoms with E-state index in [9.17, 15) is 14.4 Å². The van der Waals surface area contributed by atoms with Crippen LogP contribution >= 0.6 is 22.9 Å². The number of carbonyl (C=O) groups is 1. The molecule has 2 aromatic heterocycles. The molecule has 0 aliphatic carbocycles. The molecule has 6 nitrogen and oxygen atoms in total. The summed E-state index contributed by atoms with van der Waals surface area (Å²) in [5.74, 6) is -0.391. The lowest BCUT2D eigenvalue weighted by Gasteiger charge is -2.13. The lowest BCUT2D eigenvalue weighted by atomic mass is 10.2. The number of amides is 1. The van der Waals surface area contributed by atoms with Gasteiger partial charge < -0.3 is 5.32 Å². The molecule has 1 amide bonds. The highest BCUT2D eigenvalue weighted by atomic mass is 35.5. The van der Waals surface area contributed by atoms with Crippen molar-refractivity contribution in [2.24, 2.45) is 0 Å². The molecule has 0 bridgehead atoms. The van der Waals surface area contributed by atoms with Crippen LogP contribution in [0, 0.1) is 6.92 Å². The fourth-order valence-electron chi connectivity index (χ4n) is 3.06. The third kappa shape index (κ3) is 3.62. The number of anilines is 1. The summed E-state index contributed by atoms with van der Waals surface area (Å²) in [5, 5.41) is 5.02. The number of nitrogens with zero attached hydrogens (tertiary/aromatic N) is 2. The van der Waals surface area contributed by atoms with Gasteiger partial charge in [-0.15, -0.1) is 11.3 Å². The molecule has 146 valence electrons. The van der Waals surface area contributed by atoms with Crippen LogP contribution in [-0.4, -0.2) is 15.0 Å². The quantitative estimate of drug-likeness (QED) is 0.540. The van der Waals surface area contributed by atoms with Gasteiger partial charge in [0.25, 0.3) is 5.56 Å². The minimum atomic E-state index is -0.566. The summed E-state index contributed by atoms with van der Waals surface area (Å²) < 4.78 is 2.82. The molecule has 0 aliphatic heterocycles. The van der Waals surface area contributed by atoms with Crippen LogP contribution in [0.3, 0.4) is 0 Å². The van der Waals surface area contributed by atoms with E-state index in [1.807, 2.05) is 6.92 Å². The molecule has 2 heterocycles. The second-order valence-electron chi connectivity index (χ2n) is 6.49. The Morgan fingerprint density at radius 1 is 1.10 bits per heavy atom. The summed E-state index contributed by atoms with van der Waals surface area (Å²) in [7, 11) is 0. The molecule has 0 fully saturated rings. The SMILES string of the molecule is Cc1ccc(NC(=O)Cn2c(=O)n(-c3ccccc3)c(=O)c3sccc32)cc1Cl. The molecule has 1 N–H and O–H groups in total. The first-order chi connectivity index (χ1) is 14.0. The summed E-state index contributed by atoms with van der Waals surface area (Å²) >= 11 is 7.35. The van der Waals surface area contributed by atoms with Crippen LogP contribution in [0.4, 0.5) is 5.69 Å². The van der Waals surface area contributed by atoms with Crippen LogP contribution in [0.1, 0.15) is 5.56 Å². The van der Waals surface area contributed by atoms with Crippen molar-refractivity contribution in [2.75, 3.05) is 5.32 Å². The number of thiophene rings is 1. The van der Waals surface area contributed by atoms with Crippen molar-refractivity contribution >= 4 is 44.7 Å². The molecular weight excluding hydrogens is 410 g/mol. The van der Waals surface area contributed by atoms with Gasteiger partial charge in [-0.1, -0.05) is 35.9 Å². The number of para-hydroxylation sites is 1. The number of fused-ring (bicyclic) bond motifs is 1. The third-order valence-corrected chi connectivity index (χ3v) is 5.83. The zero-order chi connectivity index (χ0) is 20.5. The predicted octanol–water partition coefficient (Wildman–Crippen LogP) is 3.81. The lowest BCUT2D eigenvalue weighted by molar-refractivity contribution is -0.116. The minimum absolute atomic E-state index is 0.231. The van der Waals surface area contributed by atoms with E-state index in [1.165, 1.54) is 15.9 Å². The van der Waals surface area contributed by atoms with Gasteiger partial charge in [0.15, 0.2) is 0 Å². The molecule has 4 aromatic rings. The van der Waals surface area contributed by atoms with Crippen molar-refractivity contribution in [1.29, 1.82) is 0 Å². The highest BCUT2D eigenvalue weighted by Gasteiger charge is 2.17. The molecular formula is C21H16ClN3O3S. The van der Waals surface area contributed by atoms with E-state index in [0.717, 1.165) is 10.1 Å². The number of aromatic nitrogens is 2. The Bertz CT molecular complexity index is 1340. The molecule has 8 heteroatoms. The van der Waals surface area contributed by atoms with E-state index in [1.54, 1.807) is 60.0 Å². The third-order valence-electron chi connectivity index (χ3n) is 4.53. The number of nitrogens with one attached hydrogen (secondary N) is 1. The first kappa shape index (κ1) is 19.2. The van der Waals surface area contributed by atoms with E-state index in [2.05, 4.69) is 5.32 Å². The Kier molecular flexibility index (Phi) is 5.08. The number of hydrogen-bond acceptors (Lipinski definition) is 4. The van der Waals surface area contributed by atoms with Crippen LogP contribution in [0.25, 0.3) is 15.9 Å². The minimum Gasteiger partial charge on any atom is -0.324 e. The first-order valence-corrected chi connectivity index (χ1v) is 10.1. The van der Waals surface area contributed by atoms with Gasteiger partial charge in [0, 0.05) is 10.7 Å². The van der Waals surface area contributed by atoms with Gasteiger partial charge in [-0.2, -0.15) is 0 Å². The van der Waals surface area contributed by atoms with Gasteiger partial charge in [-0.05, 0) is 48.2 Å². The summed E-state index contributed by atoms with van der Waals surface area (Å²) in [6.07, 6.45) is 0. The molecule has 0 saturated carbocycles. The molecule has 29 heavy (non-hydrogen) atoms. The molecule has 0 atom stereocenters. The smallest absolute Gasteiger partial charge is 0.324 e. The highest BCUT2D eigenvalue weighted by molar-refractivity contribution is 7.17. The Labute approximate surface area is 174 Å². The van der Waals surface area contributed by atoms with E-state index >= 15 is 0 Å². The second-order valence-corrected chi connectivity index (χ2v) is 7.82. The monoisotopic (exact) mass is 425 g/mol. The summed E-state index contributed by atoms with van der Waals surface area (Å²) in [6.45, 7) is 1.64. The van der Waals surface area contributed by atoms with E-state index in [-0.39, 0.29) is 6.54 Å². The Morgan fingerprint density at radius 2 is 1.86 bits per heavy atom. The molecule has 0 radical (unpaired) electrons. The number of rotatable bonds is 4. The zero-order valence-corrected chi connectivity index (χ0v) is 17.0. The van der Waals surface area contributed by atoms with Crippen LogP contribution in [-0.2, 0) is 11.3 Å². The topological polar surface area (TPSA) is 73.1 Å². The van der Waals surface area contributed by atoms with Crippen molar-refractivity contribution in [3.05, 3.63) is 91.4 Å². The number of benzene rings is 2. The molecule has 0 saturated heterocycles. The maximum absolute atomic E-state index is 13.1. The summed E-state index contributed by atoms with van der Waals surface area (Å²) in [6, 6.07) is 15.5. The average Bonchev–Trinajstić information content (AvgIpc) is 3.19. The van der Waals surface area contributed by atoms with E-state index < -0.39 is 17.2 Å². The van der Waals surface area contributed by atoms with Gasteiger partial charge in [0.1, 0.15) is 11.2 Å². The van der Waals surface area contributed by atoms with E-state index in [0.29, 0.717) is 26.6 Å². The fraction of sp³-hybridized carbons (Fsp3) is 0.0952. The van der Waals surface area contributed by atoms with Crippen LogP contribution in [0.15, 0.2) is 69.6 Å². The van der Waals surface area contributed by atoms with Crippen molar-refractivity contribution < 1.29 is 4.79 Å². The Hall–Kier alpha value is -3.16. The van der Waals surface area contributed by atoms with Crippen LogP contribution < -0.4 is 16.6 Å². The second kappa shape index (κ2) is 7.69. The van der Waals surface area contributed by atoms with Crippen molar-refractivity contribution in [3.8, 4) is 5.69 Å². The Morgan fingerprint density at radius 3 is 2.59 bits per heavy atom. The van der Waals surface area contributed by atoms with Gasteiger partial charge in [0.2, 0.25) is 5.91 Å². The summed E-state index contributed by atoms with van der Waals surface area (Å²) in [5.41, 5.74) is 1.37. The average molecular weight is 426 g/mol. The maximum atomic E-state index is 13.1. The largest absolute Gasteiger partial charge is 0.336 e. The van der Waals surface area contributed by atoms with Crippen LogP contribution in [0.5, 0.6) is 0 Å². The number of carbonyl (C=O) groups excluding carboxylic acids is 1. The molecule has 2 aromatic carbocycles. The lowest BCUT2D eigenvalue weighted by Crippen LogP contribution is -2.40. The van der Waals surface area contributed by atoms with Crippen molar-refractivity contribution in [1.82, 2.24) is 9.13 Å². The van der Waals surface area contributed by atoms with Gasteiger partial charge >= 0.3 is 5.69 Å². The van der Waals surface area contributed by atoms with Gasteiger partial charge in [0.05, 0.1) is 11.2 Å². The maximum Gasteiger partial charge on any atom is 0.336 e. The van der Waals surface area contributed by atoms with Gasteiger partial charge in [-0.3, -0.25) is 14.2 Å². The number of hydrogen-bond donors (Lipinski definition) is 1. The zero-order valence-electron chi connectivity index (χ0n) is 15.4. The predicted molar refractivity (Wildman–Crippen MR) is 117 cm³/mol. The van der Waals surface area contributed by atoms with Crippen molar-refractivity contribution in [2.45, 2.75) is 13.5 Å². The first-order valence-electron chi connectivity index (χ1n) is 8.80. The molecule has 0 spiro atoms. The molecule has 4 rings (SSSR count). The van der Waals surface area contributed by atoms with Crippen LogP contribution in [0.2, 0.25) is 5.02 Å². The number of halogens is 1. The summed E-state index contributed by atoms with van der Waals surface area (Å²) in [4.78, 5) is 38.6. The fourth-order valence-corrected chi connectivity index (χ4v) is 4.06. The normalized spacial score (nSPS) is 11.0. The molecule has 0 unspecified atom stereocenters. The van der Waals surface area contributed by atoms with E-state index in [4.69, 9.17) is 11.6 Å². The van der Waals surface area contributed by atoms with Gasteiger partial charge in [-0.25, -0.2) is 9.36 Å². The standard InChI is InChI=1S/C21H16ClN3O3S/c1-13-7-8-14(11-16(13)22)23-18(26)12-24-17-9-10-29-19(17)20(27)25(21(24)28)15-5-3-2-4-6-15/h2-11H,12H2,1H3,(H,23,26). The Balaban J connectivity index is 1.76.